The van der Waals surface area contributed by atoms with E-state index >= 15 is 0 Å². The fraction of sp³-hybridized carbons (Fsp3) is 0.533. The fourth-order valence-corrected chi connectivity index (χ4v) is 3.28. The monoisotopic (exact) mass is 678 g/mol. The highest BCUT2D eigenvalue weighted by atomic mass is 16.5. The van der Waals surface area contributed by atoms with Crippen molar-refractivity contribution in [1.82, 2.24) is 0 Å². The molecule has 2 fully saturated rings. The molecule has 2 aromatic rings. The molecule has 2 aliphatic heterocycles. The maximum atomic E-state index is 10.2. The van der Waals surface area contributed by atoms with Crippen molar-refractivity contribution in [2.45, 2.75) is 0 Å². The van der Waals surface area contributed by atoms with Gasteiger partial charge in [-0.3, -0.25) is 0 Å². The molecule has 17 heteroatoms. The van der Waals surface area contributed by atoms with Gasteiger partial charge in [0.05, 0.1) is 117 Å². The zero-order chi connectivity index (χ0) is 32.1. The summed E-state index contributed by atoms with van der Waals surface area (Å²) < 4.78 is 31.7. The minimum Gasteiger partial charge on any atom is -0.545 e. The molecule has 0 bridgehead atoms. The number of aromatic carboxylic acids is 2. The van der Waals surface area contributed by atoms with Crippen LogP contribution in [0.1, 0.15) is 20.7 Å². The number of anilines is 2. The van der Waals surface area contributed by atoms with Crippen molar-refractivity contribution in [2.75, 3.05) is 117 Å². The number of quaternary nitrogens is 2. The summed E-state index contributed by atoms with van der Waals surface area (Å²) in [6.45, 7) is 12.8. The van der Waals surface area contributed by atoms with E-state index in [1.54, 1.807) is 0 Å². The number of nitrogen functional groups attached to an aromatic ring is 2. The molecule has 0 unspecified atom stereocenters. The van der Waals surface area contributed by atoms with E-state index in [1.807, 2.05) is 0 Å². The topological polar surface area (TPSA) is 315 Å². The van der Waals surface area contributed by atoms with E-state index in [-0.39, 0.29) is 27.6 Å². The van der Waals surface area contributed by atoms with Crippen LogP contribution >= 0.6 is 0 Å². The number of nitrogens with two attached hydrogens (primary N) is 4. The van der Waals surface area contributed by atoms with Crippen LogP contribution in [0.15, 0.2) is 48.5 Å². The van der Waals surface area contributed by atoms with E-state index in [2.05, 4.69) is 10.6 Å². The van der Waals surface area contributed by atoms with Gasteiger partial charge in [-0.25, -0.2) is 0 Å². The summed E-state index contributed by atoms with van der Waals surface area (Å²) in [5, 5.41) is 24.7. The van der Waals surface area contributed by atoms with E-state index in [0.717, 1.165) is 52.6 Å². The van der Waals surface area contributed by atoms with E-state index in [0.29, 0.717) is 64.2 Å². The normalized spacial score (nSPS) is 16.2. The van der Waals surface area contributed by atoms with Crippen LogP contribution in [-0.2, 0) is 28.4 Å². The number of ether oxygens (including phenoxy) is 6. The third-order valence-electron chi connectivity index (χ3n) is 5.65. The zero-order valence-corrected chi connectivity index (χ0v) is 26.8. The molecule has 4 rings (SSSR count). The Morgan fingerprint density at radius 3 is 0.872 bits per heavy atom. The number of carbonyl (C=O) groups is 2. The van der Waals surface area contributed by atoms with Crippen molar-refractivity contribution >= 4 is 23.3 Å². The average molecular weight is 679 g/mol. The molecule has 47 heavy (non-hydrogen) atoms. The number of carboxylic acids is 2. The van der Waals surface area contributed by atoms with Gasteiger partial charge in [-0.15, -0.1) is 0 Å². The molecule has 0 aliphatic carbocycles. The molecular formula is C30H54N4O13. The molecule has 0 spiro atoms. The van der Waals surface area contributed by atoms with Crippen molar-refractivity contribution in [2.24, 2.45) is 0 Å². The van der Waals surface area contributed by atoms with Gasteiger partial charge in [0.1, 0.15) is 0 Å². The molecular weight excluding hydrogens is 624 g/mol. The standard InChI is InChI=1S/2C8H17NO3.2C7H7NO2.3H2O/c2*1-3-10-5-7-12-8-6-11-4-2-9-1;2*8-6-3-1-5(2-4-6)7(9)10;;;/h2*9H,1-8H2;2*1-4H,8H2,(H,9,10);3*1H2. The quantitative estimate of drug-likeness (QED) is 0.216. The maximum Gasteiger partial charge on any atom is 0.0993 e. The summed E-state index contributed by atoms with van der Waals surface area (Å²) in [6, 6.07) is 11.7. The molecule has 2 heterocycles. The number of hydrogen-bond acceptors (Lipinski definition) is 12. The van der Waals surface area contributed by atoms with Gasteiger partial charge in [0, 0.05) is 11.4 Å². The lowest BCUT2D eigenvalue weighted by Gasteiger charge is -2.08. The minimum absolute atomic E-state index is 0. The number of carboxylic acid groups (broad SMARTS) is 2. The Labute approximate surface area is 275 Å². The predicted octanol–water partition coefficient (Wildman–Crippen LogP) is -5.98. The van der Waals surface area contributed by atoms with E-state index < -0.39 is 11.9 Å². The van der Waals surface area contributed by atoms with Gasteiger partial charge < -0.3 is 86.8 Å². The van der Waals surface area contributed by atoms with Crippen LogP contribution in [0.25, 0.3) is 0 Å². The average Bonchev–Trinajstić information content (AvgIpc) is 2.99. The van der Waals surface area contributed by atoms with Crippen LogP contribution in [0.5, 0.6) is 0 Å². The van der Waals surface area contributed by atoms with Crippen molar-refractivity contribution in [3.63, 3.8) is 0 Å². The van der Waals surface area contributed by atoms with Crippen molar-refractivity contribution in [3.8, 4) is 0 Å². The van der Waals surface area contributed by atoms with Crippen LogP contribution < -0.4 is 32.3 Å². The van der Waals surface area contributed by atoms with Gasteiger partial charge in [0.2, 0.25) is 0 Å². The maximum absolute atomic E-state index is 10.2. The molecule has 2 saturated heterocycles. The Morgan fingerprint density at radius 2 is 0.660 bits per heavy atom. The van der Waals surface area contributed by atoms with E-state index in [9.17, 15) is 19.8 Å². The van der Waals surface area contributed by atoms with Gasteiger partial charge in [-0.1, -0.05) is 24.3 Å². The zero-order valence-electron chi connectivity index (χ0n) is 26.8. The number of carbonyl (C=O) groups excluding carboxylic acids is 2. The number of rotatable bonds is 2. The third-order valence-corrected chi connectivity index (χ3v) is 5.65. The van der Waals surface area contributed by atoms with Crippen LogP contribution in [-0.4, -0.2) is 134 Å². The van der Waals surface area contributed by atoms with Crippen LogP contribution in [0.4, 0.5) is 11.4 Å². The minimum atomic E-state index is -1.18. The van der Waals surface area contributed by atoms with Crippen LogP contribution in [0.2, 0.25) is 0 Å². The Balaban J connectivity index is -0.000000540. The molecule has 0 aromatic heterocycles. The molecule has 0 saturated carbocycles. The van der Waals surface area contributed by atoms with Crippen molar-refractivity contribution in [1.29, 1.82) is 0 Å². The van der Waals surface area contributed by atoms with Crippen LogP contribution in [0.3, 0.4) is 0 Å². The lowest BCUT2D eigenvalue weighted by atomic mass is 10.2. The first-order valence-corrected chi connectivity index (χ1v) is 14.6. The number of benzene rings is 2. The molecule has 0 radical (unpaired) electrons. The van der Waals surface area contributed by atoms with Gasteiger partial charge in [0.15, 0.2) is 0 Å². The predicted molar refractivity (Wildman–Crippen MR) is 169 cm³/mol. The summed E-state index contributed by atoms with van der Waals surface area (Å²) in [5.74, 6) is -2.36. The highest BCUT2D eigenvalue weighted by Gasteiger charge is 1.98. The summed E-state index contributed by atoms with van der Waals surface area (Å²) in [5.41, 5.74) is 12.0. The van der Waals surface area contributed by atoms with Gasteiger partial charge in [-0.2, -0.15) is 0 Å². The Bertz CT molecular complexity index is 821. The first kappa shape index (κ1) is 47.9. The van der Waals surface area contributed by atoms with Gasteiger partial charge in [-0.05, 0) is 35.4 Å². The fourth-order valence-electron chi connectivity index (χ4n) is 3.28. The van der Waals surface area contributed by atoms with E-state index in [4.69, 9.17) is 39.9 Å². The summed E-state index contributed by atoms with van der Waals surface area (Å²) in [7, 11) is 0. The first-order valence-electron chi connectivity index (χ1n) is 14.6. The molecule has 0 atom stereocenters. The highest BCUT2D eigenvalue weighted by molar-refractivity contribution is 5.86. The van der Waals surface area contributed by atoms with Crippen molar-refractivity contribution in [3.05, 3.63) is 59.7 Å². The lowest BCUT2D eigenvalue weighted by Crippen LogP contribution is -2.86. The third kappa shape index (κ3) is 29.7. The summed E-state index contributed by atoms with van der Waals surface area (Å²) in [6.07, 6.45) is 0. The van der Waals surface area contributed by atoms with Gasteiger partial charge >= 0.3 is 0 Å². The Hall–Kier alpha value is -3.46. The lowest BCUT2D eigenvalue weighted by molar-refractivity contribution is -0.658. The second-order valence-corrected chi connectivity index (χ2v) is 9.23. The van der Waals surface area contributed by atoms with Crippen LogP contribution in [0, 0.1) is 0 Å². The second kappa shape index (κ2) is 33.9. The Morgan fingerprint density at radius 1 is 0.447 bits per heavy atom. The summed E-state index contributed by atoms with van der Waals surface area (Å²) in [4.78, 5) is 20.3. The smallest absolute Gasteiger partial charge is 0.0993 e. The SMILES string of the molecule is C1COCCOCCOCC[NH2+]1.C1COCCOCCOCC[NH2+]1.Nc1ccc(C(=O)[O-])cc1.Nc1ccc(C(=O)[O-])cc1.O.O.O. The largest absolute Gasteiger partial charge is 0.545 e. The highest BCUT2D eigenvalue weighted by Crippen LogP contribution is 2.04. The van der Waals surface area contributed by atoms with Crippen molar-refractivity contribution < 1.29 is 75.3 Å². The Kier molecular flexibility index (Phi) is 34.6. The molecule has 2 aliphatic rings. The molecule has 0 amide bonds. The van der Waals surface area contributed by atoms with Gasteiger partial charge in [0.25, 0.3) is 0 Å². The first-order chi connectivity index (χ1) is 21.4. The van der Waals surface area contributed by atoms with E-state index in [1.165, 1.54) is 48.5 Å². The molecule has 2 aromatic carbocycles. The molecule has 14 N–H and O–H groups in total. The molecule has 17 nitrogen and oxygen atoms in total. The molecule has 272 valence electrons. The number of hydrogen-bond donors (Lipinski definition) is 4. The second-order valence-electron chi connectivity index (χ2n) is 9.23. The summed E-state index contributed by atoms with van der Waals surface area (Å²) >= 11 is 0.